The normalized spacial score (nSPS) is 40.2. The van der Waals surface area contributed by atoms with Crippen molar-refractivity contribution in [2.45, 2.75) is 70.4 Å². The molecule has 0 aromatic heterocycles. The fourth-order valence-electron chi connectivity index (χ4n) is 4.46. The summed E-state index contributed by atoms with van der Waals surface area (Å²) in [5.41, 5.74) is -1.03. The van der Waals surface area contributed by atoms with E-state index in [4.69, 9.17) is 0 Å². The number of carbonyl (C=O) groups is 3. The van der Waals surface area contributed by atoms with E-state index in [0.717, 1.165) is 32.1 Å². The third-order valence-corrected chi connectivity index (χ3v) is 6.28. The van der Waals surface area contributed by atoms with Crippen molar-refractivity contribution < 1.29 is 24.6 Å². The lowest BCUT2D eigenvalue weighted by Gasteiger charge is -2.27. The van der Waals surface area contributed by atoms with E-state index >= 15 is 0 Å². The number of hydrogen-bond donors (Lipinski definition) is 2. The van der Waals surface area contributed by atoms with E-state index in [1.54, 1.807) is 0 Å². The highest BCUT2D eigenvalue weighted by atomic mass is 16.4. The van der Waals surface area contributed by atoms with Crippen molar-refractivity contribution in [1.82, 2.24) is 4.90 Å². The molecule has 3 rings (SSSR count). The summed E-state index contributed by atoms with van der Waals surface area (Å²) in [5.74, 6) is -1.55. The molecule has 5 atom stereocenters. The summed E-state index contributed by atoms with van der Waals surface area (Å²) in [6.07, 6.45) is 8.60. The van der Waals surface area contributed by atoms with Crippen LogP contribution in [0.5, 0.6) is 0 Å². The Labute approximate surface area is 154 Å². The highest BCUT2D eigenvalue weighted by molar-refractivity contribution is 5.94. The molecular formula is C20H29NO5. The molecule has 0 aromatic carbocycles. The van der Waals surface area contributed by atoms with Crippen molar-refractivity contribution in [3.05, 3.63) is 12.2 Å². The molecular weight excluding hydrogens is 334 g/mol. The van der Waals surface area contributed by atoms with Crippen molar-refractivity contribution in [2.75, 3.05) is 6.54 Å². The molecule has 0 bridgehead atoms. The van der Waals surface area contributed by atoms with Gasteiger partial charge >= 0.3 is 5.97 Å². The van der Waals surface area contributed by atoms with E-state index in [0.29, 0.717) is 6.42 Å². The highest BCUT2D eigenvalue weighted by Gasteiger charge is 2.60. The van der Waals surface area contributed by atoms with E-state index in [1.165, 1.54) is 4.90 Å². The van der Waals surface area contributed by atoms with Crippen molar-refractivity contribution in [3.8, 4) is 0 Å². The number of allylic oxidation sites excluding steroid dienone is 2. The van der Waals surface area contributed by atoms with E-state index in [9.17, 15) is 24.6 Å². The van der Waals surface area contributed by atoms with Gasteiger partial charge in [0.15, 0.2) is 5.78 Å². The fourth-order valence-corrected chi connectivity index (χ4v) is 4.46. The molecule has 6 heteroatoms. The van der Waals surface area contributed by atoms with Gasteiger partial charge in [0.1, 0.15) is 0 Å². The third-order valence-electron chi connectivity index (χ3n) is 6.28. The van der Waals surface area contributed by atoms with Crippen LogP contribution in [0.2, 0.25) is 0 Å². The van der Waals surface area contributed by atoms with Crippen LogP contribution in [-0.2, 0) is 14.4 Å². The molecule has 0 radical (unpaired) electrons. The van der Waals surface area contributed by atoms with Crippen LogP contribution in [0.15, 0.2) is 12.2 Å². The quantitative estimate of drug-likeness (QED) is 0.696. The number of rotatable bonds is 1. The summed E-state index contributed by atoms with van der Waals surface area (Å²) in [7, 11) is 0. The van der Waals surface area contributed by atoms with Gasteiger partial charge in [-0.2, -0.15) is 0 Å². The topological polar surface area (TPSA) is 94.9 Å². The molecule has 0 aromatic rings. The molecule has 26 heavy (non-hydrogen) atoms. The first kappa shape index (κ1) is 19.1. The Morgan fingerprint density at radius 1 is 1.27 bits per heavy atom. The van der Waals surface area contributed by atoms with Crippen LogP contribution in [0.4, 0.5) is 0 Å². The molecule has 0 unspecified atom stereocenters. The zero-order chi connectivity index (χ0) is 18.9. The van der Waals surface area contributed by atoms with Crippen LogP contribution < -0.4 is 0 Å². The molecule has 0 spiro atoms. The molecule has 2 fully saturated rings. The minimum atomic E-state index is -1.03. The predicted octanol–water partition coefficient (Wildman–Crippen LogP) is 2.15. The largest absolute Gasteiger partial charge is 0.481 e. The first-order valence-electron chi connectivity index (χ1n) is 9.76. The summed E-state index contributed by atoms with van der Waals surface area (Å²) in [5, 5.41) is 19.7. The summed E-state index contributed by atoms with van der Waals surface area (Å²) in [4.78, 5) is 39.0. The number of nitrogens with zero attached hydrogens (tertiary/aromatic N) is 1. The van der Waals surface area contributed by atoms with E-state index in [1.807, 2.05) is 19.1 Å². The summed E-state index contributed by atoms with van der Waals surface area (Å²) >= 11 is 0. The summed E-state index contributed by atoms with van der Waals surface area (Å²) < 4.78 is 0. The van der Waals surface area contributed by atoms with Crippen LogP contribution in [0.1, 0.15) is 58.3 Å². The van der Waals surface area contributed by atoms with Gasteiger partial charge in [-0.3, -0.25) is 14.4 Å². The number of carboxylic acids is 1. The molecule has 144 valence electrons. The maximum Gasteiger partial charge on any atom is 0.310 e. The number of amides is 1. The average molecular weight is 363 g/mol. The number of aliphatic carboxylic acids is 1. The highest BCUT2D eigenvalue weighted by Crippen LogP contribution is 2.57. The monoisotopic (exact) mass is 363 g/mol. The van der Waals surface area contributed by atoms with Gasteiger partial charge in [0.05, 0.1) is 17.6 Å². The van der Waals surface area contributed by atoms with Gasteiger partial charge in [-0.25, -0.2) is 0 Å². The lowest BCUT2D eigenvalue weighted by atomic mass is 9.91. The van der Waals surface area contributed by atoms with Gasteiger partial charge in [-0.15, -0.1) is 0 Å². The molecule has 1 amide bonds. The number of aliphatic hydroxyl groups is 1. The molecule has 1 saturated carbocycles. The third kappa shape index (κ3) is 3.70. The van der Waals surface area contributed by atoms with Crippen LogP contribution in [0.3, 0.4) is 0 Å². The van der Waals surface area contributed by atoms with E-state index in [2.05, 4.69) is 0 Å². The Balaban J connectivity index is 1.83. The Morgan fingerprint density at radius 2 is 2.04 bits per heavy atom. The first-order chi connectivity index (χ1) is 12.3. The van der Waals surface area contributed by atoms with Crippen molar-refractivity contribution in [2.24, 2.45) is 17.3 Å². The number of hydrogen-bond acceptors (Lipinski definition) is 4. The van der Waals surface area contributed by atoms with Gasteiger partial charge in [0.25, 0.3) is 0 Å². The predicted molar refractivity (Wildman–Crippen MR) is 95.3 cm³/mol. The van der Waals surface area contributed by atoms with Crippen LogP contribution in [0.25, 0.3) is 0 Å². The zero-order valence-electron chi connectivity index (χ0n) is 15.4. The second kappa shape index (κ2) is 7.51. The number of carboxylic acid groups (broad SMARTS) is 1. The fraction of sp³-hybridized carbons (Fsp3) is 0.750. The van der Waals surface area contributed by atoms with Gasteiger partial charge in [-0.05, 0) is 31.6 Å². The smallest absolute Gasteiger partial charge is 0.310 e. The van der Waals surface area contributed by atoms with Crippen LogP contribution in [-0.4, -0.2) is 51.5 Å². The van der Waals surface area contributed by atoms with E-state index < -0.39 is 23.5 Å². The van der Waals surface area contributed by atoms with Crippen LogP contribution >= 0.6 is 0 Å². The number of Topliss-reactive ketones (excluding diaryl/α,β-unsaturated/α-hetero) is 1. The van der Waals surface area contributed by atoms with Crippen LogP contribution in [0, 0.1) is 17.3 Å². The number of ketones is 1. The molecule has 6 nitrogen and oxygen atoms in total. The number of carbonyl (C=O) groups excluding carboxylic acids is 2. The minimum absolute atomic E-state index is 0.0626. The maximum atomic E-state index is 12.9. The first-order valence-corrected chi connectivity index (χ1v) is 9.76. The Kier molecular flexibility index (Phi) is 5.51. The molecule has 3 aliphatic rings. The Bertz CT molecular complexity index is 615. The minimum Gasteiger partial charge on any atom is -0.481 e. The van der Waals surface area contributed by atoms with Crippen molar-refractivity contribution >= 4 is 17.7 Å². The zero-order valence-corrected chi connectivity index (χ0v) is 15.4. The number of fused-ring (bicyclic) bond motifs is 2. The van der Waals surface area contributed by atoms with Crippen molar-refractivity contribution in [3.63, 3.8) is 0 Å². The molecule has 1 saturated heterocycles. The summed E-state index contributed by atoms with van der Waals surface area (Å²) in [6, 6.07) is -0.688. The molecule has 2 N–H and O–H groups in total. The van der Waals surface area contributed by atoms with Gasteiger partial charge in [0.2, 0.25) is 5.91 Å². The second-order valence-electron chi connectivity index (χ2n) is 8.28. The molecule has 2 heterocycles. The average Bonchev–Trinajstić information content (AvgIpc) is 3.14. The van der Waals surface area contributed by atoms with Gasteiger partial charge in [0, 0.05) is 25.3 Å². The van der Waals surface area contributed by atoms with Gasteiger partial charge < -0.3 is 15.1 Å². The maximum absolute atomic E-state index is 12.9. The SMILES string of the molecule is C[C@H]1CCCCC/C=C\[C@H]2C[C@@]2(C(=O)O)CC(=O)[C@@H]2C[C@@H](O)CN2C1=O. The standard InChI is InChI=1S/C20H29NO5/c1-13-7-5-3-2-4-6-8-14-10-20(14,19(25)26)11-17(23)16-9-15(22)12-21(16)18(13)24/h6,8,13-16,22H,2-5,7,9-12H2,1H3,(H,25,26)/b8-6-/t13-,14-,15+,16-,20+/m0/s1. The molecule has 2 aliphatic heterocycles. The van der Waals surface area contributed by atoms with E-state index in [-0.39, 0.29) is 42.9 Å². The number of aliphatic hydroxyl groups excluding tert-OH is 1. The van der Waals surface area contributed by atoms with Gasteiger partial charge in [-0.1, -0.05) is 31.9 Å². The van der Waals surface area contributed by atoms with Crippen molar-refractivity contribution in [1.29, 1.82) is 0 Å². The lowest BCUT2D eigenvalue weighted by molar-refractivity contribution is -0.147. The Hall–Kier alpha value is -1.69. The lowest BCUT2D eigenvalue weighted by Crippen LogP contribution is -2.44. The Morgan fingerprint density at radius 3 is 2.77 bits per heavy atom. The summed E-state index contributed by atoms with van der Waals surface area (Å²) in [6.45, 7) is 2.05. The second-order valence-corrected chi connectivity index (χ2v) is 8.28. The molecule has 1 aliphatic carbocycles.